The Kier molecular flexibility index (Phi) is 4.94. The van der Waals surface area contributed by atoms with Gasteiger partial charge >= 0.3 is 11.9 Å². The van der Waals surface area contributed by atoms with Gasteiger partial charge in [0.05, 0.1) is 12.8 Å². The van der Waals surface area contributed by atoms with E-state index in [0.717, 1.165) is 4.47 Å². The van der Waals surface area contributed by atoms with E-state index < -0.39 is 17.5 Å². The van der Waals surface area contributed by atoms with Gasteiger partial charge in [-0.3, -0.25) is 4.79 Å². The number of carbonyl (C=O) groups is 2. The van der Waals surface area contributed by atoms with E-state index in [-0.39, 0.29) is 0 Å². The average Bonchev–Trinajstić information content (AvgIpc) is 2.27. The second-order valence-electron chi connectivity index (χ2n) is 4.80. The van der Waals surface area contributed by atoms with Gasteiger partial charge in [-0.2, -0.15) is 0 Å². The molecule has 104 valence electrons. The van der Waals surface area contributed by atoms with Crippen LogP contribution in [0.25, 0.3) is 0 Å². The zero-order valence-electron chi connectivity index (χ0n) is 11.2. The number of carbonyl (C=O) groups excluding carboxylic acids is 2. The molecule has 0 aliphatic heterocycles. The highest BCUT2D eigenvalue weighted by atomic mass is 79.9. The smallest absolute Gasteiger partial charge is 0.397 e. The van der Waals surface area contributed by atoms with Crippen molar-refractivity contribution in [1.29, 1.82) is 0 Å². The summed E-state index contributed by atoms with van der Waals surface area (Å²) >= 11 is 3.28. The molecule has 0 fully saturated rings. The Hall–Kier alpha value is -1.56. The summed E-state index contributed by atoms with van der Waals surface area (Å²) in [6.45, 7) is 5.08. The van der Waals surface area contributed by atoms with Crippen molar-refractivity contribution in [2.45, 2.75) is 26.4 Å². The molecule has 0 saturated heterocycles. The predicted molar refractivity (Wildman–Crippen MR) is 75.2 cm³/mol. The number of amides is 1. The van der Waals surface area contributed by atoms with Gasteiger partial charge in [-0.05, 0) is 39.0 Å². The number of benzene rings is 1. The Morgan fingerprint density at radius 3 is 2.42 bits per heavy atom. The molecule has 0 aliphatic carbocycles. The summed E-state index contributed by atoms with van der Waals surface area (Å²) in [5.41, 5.74) is -0.316. The molecule has 1 rings (SSSR count). The first-order valence-corrected chi connectivity index (χ1v) is 6.40. The summed E-state index contributed by atoms with van der Waals surface area (Å²) < 4.78 is 10.8. The van der Waals surface area contributed by atoms with Crippen molar-refractivity contribution in [1.82, 2.24) is 0 Å². The molecule has 1 N–H and O–H groups in total. The van der Waals surface area contributed by atoms with E-state index in [1.54, 1.807) is 39.0 Å². The standard InChI is InChI=1S/C13H16BrNO4/c1-13(2,3)19-12(17)11(16)15-9-7-8(14)5-6-10(9)18-4/h5-7H,1-4H3,(H,15,16). The highest BCUT2D eigenvalue weighted by Gasteiger charge is 2.23. The largest absolute Gasteiger partial charge is 0.495 e. The molecule has 0 unspecified atom stereocenters. The summed E-state index contributed by atoms with van der Waals surface area (Å²) in [5.74, 6) is -1.32. The third kappa shape index (κ3) is 4.90. The van der Waals surface area contributed by atoms with Crippen molar-refractivity contribution in [3.63, 3.8) is 0 Å². The summed E-state index contributed by atoms with van der Waals surface area (Å²) in [4.78, 5) is 23.3. The number of esters is 1. The van der Waals surface area contributed by atoms with Crippen molar-refractivity contribution < 1.29 is 19.1 Å². The van der Waals surface area contributed by atoms with Crippen LogP contribution in [0.3, 0.4) is 0 Å². The second-order valence-corrected chi connectivity index (χ2v) is 5.72. The fraction of sp³-hybridized carbons (Fsp3) is 0.385. The number of halogens is 1. The fourth-order valence-electron chi connectivity index (χ4n) is 1.28. The molecule has 6 heteroatoms. The van der Waals surface area contributed by atoms with Crippen molar-refractivity contribution in [3.05, 3.63) is 22.7 Å². The van der Waals surface area contributed by atoms with Crippen LogP contribution < -0.4 is 10.1 Å². The summed E-state index contributed by atoms with van der Waals surface area (Å²) in [6.07, 6.45) is 0. The number of hydrogen-bond acceptors (Lipinski definition) is 4. The minimum Gasteiger partial charge on any atom is -0.495 e. The molecule has 1 amide bonds. The monoisotopic (exact) mass is 329 g/mol. The third-order valence-corrected chi connectivity index (χ3v) is 2.49. The predicted octanol–water partition coefficient (Wildman–Crippen LogP) is 2.74. The zero-order chi connectivity index (χ0) is 14.6. The van der Waals surface area contributed by atoms with Crippen LogP contribution in [0.1, 0.15) is 20.8 Å². The van der Waals surface area contributed by atoms with Crippen LogP contribution >= 0.6 is 15.9 Å². The van der Waals surface area contributed by atoms with Gasteiger partial charge in [-0.25, -0.2) is 4.79 Å². The molecule has 0 bridgehead atoms. The minimum atomic E-state index is -0.936. The van der Waals surface area contributed by atoms with Gasteiger partial charge in [0.2, 0.25) is 0 Å². The molecule has 0 spiro atoms. The van der Waals surface area contributed by atoms with Gasteiger partial charge in [0, 0.05) is 4.47 Å². The lowest BCUT2D eigenvalue weighted by Gasteiger charge is -2.19. The number of anilines is 1. The second kappa shape index (κ2) is 6.06. The van der Waals surface area contributed by atoms with Gasteiger partial charge in [0.15, 0.2) is 0 Å². The normalized spacial score (nSPS) is 10.8. The van der Waals surface area contributed by atoms with Crippen LogP contribution in [-0.2, 0) is 14.3 Å². The van der Waals surface area contributed by atoms with Crippen molar-refractivity contribution >= 4 is 33.5 Å². The maximum atomic E-state index is 11.7. The number of nitrogens with one attached hydrogen (secondary N) is 1. The lowest BCUT2D eigenvalue weighted by molar-refractivity contribution is -0.161. The van der Waals surface area contributed by atoms with Crippen LogP contribution in [0, 0.1) is 0 Å². The maximum Gasteiger partial charge on any atom is 0.397 e. The number of hydrogen-bond donors (Lipinski definition) is 1. The number of ether oxygens (including phenoxy) is 2. The molecule has 0 aliphatic rings. The zero-order valence-corrected chi connectivity index (χ0v) is 12.8. The first-order chi connectivity index (χ1) is 8.73. The minimum absolute atomic E-state index is 0.396. The first-order valence-electron chi connectivity index (χ1n) is 5.61. The molecule has 1 aromatic carbocycles. The average molecular weight is 330 g/mol. The van der Waals surface area contributed by atoms with Gasteiger partial charge in [0.25, 0.3) is 0 Å². The van der Waals surface area contributed by atoms with E-state index in [9.17, 15) is 9.59 Å². The van der Waals surface area contributed by atoms with E-state index in [2.05, 4.69) is 21.2 Å². The van der Waals surface area contributed by atoms with E-state index >= 15 is 0 Å². The van der Waals surface area contributed by atoms with Gasteiger partial charge in [-0.1, -0.05) is 15.9 Å². The number of methoxy groups -OCH3 is 1. The fourth-order valence-corrected chi connectivity index (χ4v) is 1.64. The molecular formula is C13H16BrNO4. The van der Waals surface area contributed by atoms with Crippen LogP contribution in [0.5, 0.6) is 5.75 Å². The molecular weight excluding hydrogens is 314 g/mol. The Morgan fingerprint density at radius 1 is 1.26 bits per heavy atom. The molecule has 5 nitrogen and oxygen atoms in total. The van der Waals surface area contributed by atoms with E-state index in [1.807, 2.05) is 0 Å². The van der Waals surface area contributed by atoms with Gasteiger partial charge in [-0.15, -0.1) is 0 Å². The van der Waals surface area contributed by atoms with Crippen LogP contribution in [0.15, 0.2) is 22.7 Å². The molecule has 19 heavy (non-hydrogen) atoms. The Bertz CT molecular complexity index is 494. The third-order valence-electron chi connectivity index (χ3n) is 1.99. The van der Waals surface area contributed by atoms with E-state index in [1.165, 1.54) is 7.11 Å². The Morgan fingerprint density at radius 2 is 1.89 bits per heavy atom. The summed E-state index contributed by atoms with van der Waals surface area (Å²) in [5, 5.41) is 2.46. The van der Waals surface area contributed by atoms with Gasteiger partial charge < -0.3 is 14.8 Å². The topological polar surface area (TPSA) is 64.6 Å². The maximum absolute atomic E-state index is 11.7. The molecule has 0 saturated carbocycles. The summed E-state index contributed by atoms with van der Waals surface area (Å²) in [7, 11) is 1.48. The van der Waals surface area contributed by atoms with E-state index in [4.69, 9.17) is 9.47 Å². The van der Waals surface area contributed by atoms with Gasteiger partial charge in [0.1, 0.15) is 11.4 Å². The lowest BCUT2D eigenvalue weighted by Crippen LogP contribution is -2.32. The van der Waals surface area contributed by atoms with Crippen molar-refractivity contribution in [2.75, 3.05) is 12.4 Å². The van der Waals surface area contributed by atoms with Crippen LogP contribution in [-0.4, -0.2) is 24.6 Å². The van der Waals surface area contributed by atoms with Crippen LogP contribution in [0.4, 0.5) is 5.69 Å². The molecule has 0 radical (unpaired) electrons. The molecule has 1 aromatic rings. The quantitative estimate of drug-likeness (QED) is 0.669. The number of rotatable bonds is 2. The van der Waals surface area contributed by atoms with Crippen LogP contribution in [0.2, 0.25) is 0 Å². The Balaban J connectivity index is 2.82. The van der Waals surface area contributed by atoms with Crippen molar-refractivity contribution in [2.24, 2.45) is 0 Å². The highest BCUT2D eigenvalue weighted by Crippen LogP contribution is 2.27. The molecule has 0 heterocycles. The first kappa shape index (κ1) is 15.5. The Labute approximate surface area is 120 Å². The highest BCUT2D eigenvalue weighted by molar-refractivity contribution is 9.10. The molecule has 0 aromatic heterocycles. The SMILES string of the molecule is COc1ccc(Br)cc1NC(=O)C(=O)OC(C)(C)C. The molecule has 0 atom stereocenters. The van der Waals surface area contributed by atoms with Crippen molar-refractivity contribution in [3.8, 4) is 5.75 Å². The van der Waals surface area contributed by atoms with E-state index in [0.29, 0.717) is 11.4 Å². The summed E-state index contributed by atoms with van der Waals surface area (Å²) in [6, 6.07) is 5.08. The lowest BCUT2D eigenvalue weighted by atomic mass is 10.2.